The van der Waals surface area contributed by atoms with E-state index in [9.17, 15) is 14.0 Å². The number of rotatable bonds is 3. The van der Waals surface area contributed by atoms with Crippen molar-refractivity contribution >= 4 is 17.3 Å². The third-order valence-electron chi connectivity index (χ3n) is 7.07. The number of fused-ring (bicyclic) bond motifs is 2. The number of allylic oxidation sites excluding steroid dienone is 1. The van der Waals surface area contributed by atoms with Crippen LogP contribution in [0.3, 0.4) is 0 Å². The SMILES string of the molecule is Cc1cccc(C(=O)NC2C(=O)C=C3Cc4ccccc4-n4nc(C)c(c43)[C@@H]2c2ccc(F)cc2)c1. The number of benzene rings is 3. The van der Waals surface area contributed by atoms with Gasteiger partial charge in [0.1, 0.15) is 11.9 Å². The molecule has 6 rings (SSSR count). The molecule has 0 saturated heterocycles. The van der Waals surface area contributed by atoms with Gasteiger partial charge in [0.25, 0.3) is 5.91 Å². The first-order valence-corrected chi connectivity index (χ1v) is 12.0. The largest absolute Gasteiger partial charge is 0.341 e. The lowest BCUT2D eigenvalue weighted by molar-refractivity contribution is -0.116. The maximum atomic E-state index is 13.9. The highest BCUT2D eigenvalue weighted by molar-refractivity contribution is 6.07. The maximum Gasteiger partial charge on any atom is 0.251 e. The van der Waals surface area contributed by atoms with E-state index in [-0.39, 0.29) is 17.5 Å². The number of hydrogen-bond acceptors (Lipinski definition) is 3. The van der Waals surface area contributed by atoms with Gasteiger partial charge in [-0.05, 0) is 67.0 Å². The van der Waals surface area contributed by atoms with Crippen LogP contribution in [0.25, 0.3) is 11.3 Å². The lowest BCUT2D eigenvalue weighted by atomic mass is 9.82. The van der Waals surface area contributed by atoms with Gasteiger partial charge in [-0.1, -0.05) is 48.0 Å². The summed E-state index contributed by atoms with van der Waals surface area (Å²) in [7, 11) is 0. The lowest BCUT2D eigenvalue weighted by Gasteiger charge is -2.27. The van der Waals surface area contributed by atoms with Crippen molar-refractivity contribution in [2.45, 2.75) is 32.2 Å². The van der Waals surface area contributed by atoms with E-state index >= 15 is 0 Å². The first-order chi connectivity index (χ1) is 17.4. The minimum atomic E-state index is -0.878. The van der Waals surface area contributed by atoms with Crippen LogP contribution in [0.15, 0.2) is 78.9 Å². The first kappa shape index (κ1) is 22.2. The zero-order valence-electron chi connectivity index (χ0n) is 20.0. The Morgan fingerprint density at radius 3 is 2.58 bits per heavy atom. The van der Waals surface area contributed by atoms with Crippen molar-refractivity contribution in [1.29, 1.82) is 0 Å². The molecule has 3 aromatic carbocycles. The Hall–Kier alpha value is -4.32. The lowest BCUT2D eigenvalue weighted by Crippen LogP contribution is -2.44. The van der Waals surface area contributed by atoms with E-state index in [1.807, 2.05) is 54.9 Å². The van der Waals surface area contributed by atoms with Gasteiger partial charge in [0.05, 0.1) is 17.1 Å². The van der Waals surface area contributed by atoms with Gasteiger partial charge in [0.15, 0.2) is 5.78 Å². The van der Waals surface area contributed by atoms with Gasteiger partial charge in [0, 0.05) is 23.5 Å². The molecule has 0 fully saturated rings. The van der Waals surface area contributed by atoms with Gasteiger partial charge in [0.2, 0.25) is 0 Å². The molecule has 2 atom stereocenters. The van der Waals surface area contributed by atoms with Gasteiger partial charge in [-0.3, -0.25) is 9.59 Å². The second kappa shape index (κ2) is 8.41. The van der Waals surface area contributed by atoms with Crippen LogP contribution >= 0.6 is 0 Å². The number of ketones is 1. The highest BCUT2D eigenvalue weighted by Gasteiger charge is 2.41. The number of aryl methyl sites for hydroxylation is 2. The molecule has 2 heterocycles. The van der Waals surface area contributed by atoms with Crippen molar-refractivity contribution in [3.05, 3.63) is 124 Å². The van der Waals surface area contributed by atoms with Crippen molar-refractivity contribution in [1.82, 2.24) is 15.1 Å². The first-order valence-electron chi connectivity index (χ1n) is 12.0. The van der Waals surface area contributed by atoms with Crippen LogP contribution in [0.5, 0.6) is 0 Å². The highest BCUT2D eigenvalue weighted by Crippen LogP contribution is 2.43. The summed E-state index contributed by atoms with van der Waals surface area (Å²) in [4.78, 5) is 27.1. The molecule has 1 aromatic heterocycles. The van der Waals surface area contributed by atoms with E-state index in [0.29, 0.717) is 12.0 Å². The monoisotopic (exact) mass is 477 g/mol. The van der Waals surface area contributed by atoms with Crippen molar-refractivity contribution in [3.63, 3.8) is 0 Å². The average Bonchev–Trinajstić information content (AvgIpc) is 3.15. The summed E-state index contributed by atoms with van der Waals surface area (Å²) in [5, 5.41) is 7.89. The Labute approximate surface area is 208 Å². The number of halogens is 1. The molecule has 0 bridgehead atoms. The molecule has 1 aliphatic carbocycles. The number of nitrogens with one attached hydrogen (secondary N) is 1. The summed E-state index contributed by atoms with van der Waals surface area (Å²) in [6.45, 7) is 3.84. The van der Waals surface area contributed by atoms with Crippen molar-refractivity contribution in [3.8, 4) is 5.69 Å². The number of amides is 1. The number of nitrogens with zero attached hydrogens (tertiary/aromatic N) is 2. The number of hydrogen-bond donors (Lipinski definition) is 1. The van der Waals surface area contributed by atoms with E-state index in [1.54, 1.807) is 30.3 Å². The summed E-state index contributed by atoms with van der Waals surface area (Å²) in [5.41, 5.74) is 7.63. The van der Waals surface area contributed by atoms with Gasteiger partial charge in [-0.15, -0.1) is 0 Å². The van der Waals surface area contributed by atoms with Crippen LogP contribution in [-0.4, -0.2) is 27.5 Å². The molecule has 1 N–H and O–H groups in total. The number of carbonyl (C=O) groups is 2. The zero-order chi connectivity index (χ0) is 25.0. The molecule has 4 aromatic rings. The summed E-state index contributed by atoms with van der Waals surface area (Å²) in [6.07, 6.45) is 2.24. The Balaban J connectivity index is 1.55. The Morgan fingerprint density at radius 2 is 1.81 bits per heavy atom. The smallest absolute Gasteiger partial charge is 0.251 e. The van der Waals surface area contributed by atoms with Crippen LogP contribution in [0, 0.1) is 19.7 Å². The molecule has 36 heavy (non-hydrogen) atoms. The third kappa shape index (κ3) is 3.57. The topological polar surface area (TPSA) is 64.0 Å². The summed E-state index contributed by atoms with van der Waals surface area (Å²) in [6, 6.07) is 20.6. The fourth-order valence-electron chi connectivity index (χ4n) is 5.46. The molecule has 2 aliphatic rings. The van der Waals surface area contributed by atoms with Gasteiger partial charge < -0.3 is 5.32 Å². The Morgan fingerprint density at radius 1 is 1.03 bits per heavy atom. The van der Waals surface area contributed by atoms with Gasteiger partial charge in [-0.2, -0.15) is 5.10 Å². The van der Waals surface area contributed by atoms with E-state index < -0.39 is 12.0 Å². The molecule has 178 valence electrons. The van der Waals surface area contributed by atoms with Crippen LogP contribution in [-0.2, 0) is 11.2 Å². The minimum Gasteiger partial charge on any atom is -0.341 e. The van der Waals surface area contributed by atoms with Gasteiger partial charge >= 0.3 is 0 Å². The fraction of sp³-hybridized carbons (Fsp3) is 0.167. The van der Waals surface area contributed by atoms with E-state index in [1.165, 1.54) is 12.1 Å². The van der Waals surface area contributed by atoms with E-state index in [2.05, 4.69) is 5.32 Å². The number of aromatic nitrogens is 2. The minimum absolute atomic E-state index is 0.193. The summed E-state index contributed by atoms with van der Waals surface area (Å²) >= 11 is 0. The molecule has 1 aliphatic heterocycles. The maximum absolute atomic E-state index is 13.9. The van der Waals surface area contributed by atoms with E-state index in [0.717, 1.165) is 44.9 Å². The highest BCUT2D eigenvalue weighted by atomic mass is 19.1. The summed E-state index contributed by atoms with van der Waals surface area (Å²) in [5.74, 6) is -1.41. The van der Waals surface area contributed by atoms with Crippen LogP contribution in [0.2, 0.25) is 0 Å². The number of carbonyl (C=O) groups excluding carboxylic acids is 2. The van der Waals surface area contributed by atoms with Crippen molar-refractivity contribution in [2.24, 2.45) is 0 Å². The van der Waals surface area contributed by atoms with Crippen LogP contribution in [0.4, 0.5) is 4.39 Å². The van der Waals surface area contributed by atoms with Crippen LogP contribution in [0.1, 0.15) is 49.9 Å². The second-order valence-corrected chi connectivity index (χ2v) is 9.49. The van der Waals surface area contributed by atoms with E-state index in [4.69, 9.17) is 5.10 Å². The predicted molar refractivity (Wildman–Crippen MR) is 136 cm³/mol. The summed E-state index contributed by atoms with van der Waals surface area (Å²) < 4.78 is 15.8. The average molecular weight is 478 g/mol. The third-order valence-corrected chi connectivity index (χ3v) is 7.07. The van der Waals surface area contributed by atoms with Crippen LogP contribution < -0.4 is 5.32 Å². The molecule has 1 unspecified atom stereocenters. The quantitative estimate of drug-likeness (QED) is 0.448. The molecular formula is C30H24FN3O2. The molecule has 1 amide bonds. The normalized spacial score (nSPS) is 18.1. The zero-order valence-corrected chi connectivity index (χ0v) is 20.0. The molecule has 6 heteroatoms. The Kier molecular flexibility index (Phi) is 5.18. The standard InChI is InChI=1S/C30H24FN3O2/c1-17-6-5-8-21(14-17)30(36)32-28-25(35)16-22-15-20-7-3-4-9-24(20)34-29(22)26(18(2)33-34)27(28)19-10-12-23(31)13-11-19/h3-14,16,27-28H,15H2,1-2H3,(H,32,36)/t27-,28?/m0/s1. The van der Waals surface area contributed by atoms with Gasteiger partial charge in [-0.25, -0.2) is 9.07 Å². The number of para-hydroxylation sites is 1. The molecule has 0 radical (unpaired) electrons. The molecule has 5 nitrogen and oxygen atoms in total. The van der Waals surface area contributed by atoms with Crippen molar-refractivity contribution in [2.75, 3.05) is 0 Å². The molecular weight excluding hydrogens is 453 g/mol. The molecule has 0 saturated carbocycles. The predicted octanol–water partition coefficient (Wildman–Crippen LogP) is 5.08. The Bertz CT molecular complexity index is 1570. The van der Waals surface area contributed by atoms with Crippen molar-refractivity contribution < 1.29 is 14.0 Å². The molecule has 0 spiro atoms. The second-order valence-electron chi connectivity index (χ2n) is 9.49. The fourth-order valence-corrected chi connectivity index (χ4v) is 5.46.